The van der Waals surface area contributed by atoms with Crippen molar-refractivity contribution in [1.29, 1.82) is 0 Å². The summed E-state index contributed by atoms with van der Waals surface area (Å²) in [5.41, 5.74) is 5.98. The molecule has 0 aliphatic heterocycles. The third-order valence-electron chi connectivity index (χ3n) is 2.94. The van der Waals surface area contributed by atoms with Gasteiger partial charge in [0.15, 0.2) is 11.6 Å². The Morgan fingerprint density at radius 3 is 2.48 bits per heavy atom. The highest BCUT2D eigenvalue weighted by Crippen LogP contribution is 2.16. The SMILES string of the molecule is CC(NC(=O)C(N)CCS(C)(=O)=O)c1ccc(F)c(F)c1. The van der Waals surface area contributed by atoms with Crippen LogP contribution in [0.25, 0.3) is 0 Å². The van der Waals surface area contributed by atoms with Gasteiger partial charge in [0.2, 0.25) is 5.91 Å². The molecule has 0 heterocycles. The van der Waals surface area contributed by atoms with Crippen LogP contribution in [0.3, 0.4) is 0 Å². The van der Waals surface area contributed by atoms with Gasteiger partial charge in [0.25, 0.3) is 0 Å². The summed E-state index contributed by atoms with van der Waals surface area (Å²) >= 11 is 0. The highest BCUT2D eigenvalue weighted by Gasteiger charge is 2.19. The van der Waals surface area contributed by atoms with E-state index in [4.69, 9.17) is 5.73 Å². The fourth-order valence-electron chi connectivity index (χ4n) is 1.66. The molecule has 8 heteroatoms. The molecular weight excluding hydrogens is 302 g/mol. The van der Waals surface area contributed by atoms with E-state index in [9.17, 15) is 22.0 Å². The number of hydrogen-bond acceptors (Lipinski definition) is 4. The maximum Gasteiger partial charge on any atom is 0.237 e. The minimum absolute atomic E-state index is 0.00480. The van der Waals surface area contributed by atoms with Gasteiger partial charge in [-0.2, -0.15) is 0 Å². The summed E-state index contributed by atoms with van der Waals surface area (Å²) in [6.07, 6.45) is 1.05. The van der Waals surface area contributed by atoms with Gasteiger partial charge in [0.1, 0.15) is 9.84 Å². The minimum atomic E-state index is -3.19. The number of nitrogens with one attached hydrogen (secondary N) is 1. The van der Waals surface area contributed by atoms with Crippen molar-refractivity contribution in [3.63, 3.8) is 0 Å². The zero-order valence-corrected chi connectivity index (χ0v) is 12.6. The van der Waals surface area contributed by atoms with Gasteiger partial charge in [-0.3, -0.25) is 4.79 Å². The Bertz CT molecular complexity index is 620. The van der Waals surface area contributed by atoms with Crippen LogP contribution in [-0.2, 0) is 14.6 Å². The zero-order valence-electron chi connectivity index (χ0n) is 11.8. The van der Waals surface area contributed by atoms with Crippen LogP contribution in [0.15, 0.2) is 18.2 Å². The summed E-state index contributed by atoms with van der Waals surface area (Å²) in [6.45, 7) is 1.59. The molecule has 21 heavy (non-hydrogen) atoms. The summed E-state index contributed by atoms with van der Waals surface area (Å²) in [5.74, 6) is -2.71. The molecule has 0 fully saturated rings. The Morgan fingerprint density at radius 1 is 1.33 bits per heavy atom. The minimum Gasteiger partial charge on any atom is -0.348 e. The third kappa shape index (κ3) is 5.76. The quantitative estimate of drug-likeness (QED) is 0.815. The van der Waals surface area contributed by atoms with Crippen LogP contribution in [0.1, 0.15) is 24.9 Å². The van der Waals surface area contributed by atoms with E-state index in [-0.39, 0.29) is 12.2 Å². The second-order valence-electron chi connectivity index (χ2n) is 4.93. The Hall–Kier alpha value is -1.54. The number of carbonyl (C=O) groups is 1. The van der Waals surface area contributed by atoms with Crippen molar-refractivity contribution in [1.82, 2.24) is 5.32 Å². The first-order chi connectivity index (χ1) is 9.60. The summed E-state index contributed by atoms with van der Waals surface area (Å²) < 4.78 is 47.9. The van der Waals surface area contributed by atoms with Gasteiger partial charge in [-0.1, -0.05) is 6.07 Å². The van der Waals surface area contributed by atoms with Crippen LogP contribution in [0, 0.1) is 11.6 Å². The van der Waals surface area contributed by atoms with Crippen molar-refractivity contribution in [3.05, 3.63) is 35.4 Å². The third-order valence-corrected chi connectivity index (χ3v) is 3.92. The monoisotopic (exact) mass is 320 g/mol. The molecule has 0 saturated carbocycles. The molecule has 1 rings (SSSR count). The second kappa shape index (κ2) is 6.95. The van der Waals surface area contributed by atoms with Gasteiger partial charge in [-0.05, 0) is 31.0 Å². The number of hydrogen-bond donors (Lipinski definition) is 2. The smallest absolute Gasteiger partial charge is 0.237 e. The van der Waals surface area contributed by atoms with Gasteiger partial charge >= 0.3 is 0 Å². The number of carbonyl (C=O) groups excluding carboxylic acids is 1. The molecule has 2 unspecified atom stereocenters. The lowest BCUT2D eigenvalue weighted by Gasteiger charge is -2.18. The maximum atomic E-state index is 13.1. The van der Waals surface area contributed by atoms with Crippen molar-refractivity contribution >= 4 is 15.7 Å². The van der Waals surface area contributed by atoms with E-state index in [0.717, 1.165) is 18.4 Å². The van der Waals surface area contributed by atoms with E-state index in [0.29, 0.717) is 5.56 Å². The van der Waals surface area contributed by atoms with Gasteiger partial charge in [0, 0.05) is 6.26 Å². The van der Waals surface area contributed by atoms with Crippen molar-refractivity contribution < 1.29 is 22.0 Å². The van der Waals surface area contributed by atoms with Gasteiger partial charge < -0.3 is 11.1 Å². The Morgan fingerprint density at radius 2 is 1.95 bits per heavy atom. The summed E-state index contributed by atoms with van der Waals surface area (Å²) in [7, 11) is -3.19. The molecule has 0 aliphatic carbocycles. The second-order valence-corrected chi connectivity index (χ2v) is 7.19. The molecule has 0 bridgehead atoms. The molecular formula is C13H18F2N2O3S. The summed E-state index contributed by atoms with van der Waals surface area (Å²) in [6, 6.07) is 1.76. The average Bonchev–Trinajstić information content (AvgIpc) is 2.38. The van der Waals surface area contributed by atoms with Crippen LogP contribution >= 0.6 is 0 Å². The first kappa shape index (κ1) is 17.5. The molecule has 1 amide bonds. The number of halogens is 2. The standard InChI is InChI=1S/C13H18F2N2O3S/c1-8(9-3-4-10(14)11(15)7-9)17-13(18)12(16)5-6-21(2,19)20/h3-4,7-8,12H,5-6,16H2,1-2H3,(H,17,18). The molecule has 0 aromatic heterocycles. The Kier molecular flexibility index (Phi) is 5.79. The fourth-order valence-corrected chi connectivity index (χ4v) is 2.34. The molecule has 5 nitrogen and oxygen atoms in total. The Balaban J connectivity index is 2.62. The van der Waals surface area contributed by atoms with E-state index in [1.807, 2.05) is 0 Å². The maximum absolute atomic E-state index is 13.1. The van der Waals surface area contributed by atoms with Crippen molar-refractivity contribution in [2.45, 2.75) is 25.4 Å². The normalized spacial score (nSPS) is 14.5. The van der Waals surface area contributed by atoms with E-state index < -0.39 is 39.5 Å². The molecule has 3 N–H and O–H groups in total. The van der Waals surface area contributed by atoms with Crippen LogP contribution in [-0.4, -0.2) is 32.4 Å². The number of amides is 1. The van der Waals surface area contributed by atoms with Crippen molar-refractivity contribution in [3.8, 4) is 0 Å². The molecule has 118 valence electrons. The number of benzene rings is 1. The van der Waals surface area contributed by atoms with E-state index >= 15 is 0 Å². The molecule has 1 aromatic rings. The lowest BCUT2D eigenvalue weighted by atomic mass is 10.1. The Labute approximate surface area is 122 Å². The largest absolute Gasteiger partial charge is 0.348 e. The van der Waals surface area contributed by atoms with E-state index in [1.165, 1.54) is 6.07 Å². The van der Waals surface area contributed by atoms with Crippen LogP contribution in [0.5, 0.6) is 0 Å². The molecule has 0 saturated heterocycles. The zero-order chi connectivity index (χ0) is 16.2. The predicted octanol–water partition coefficient (Wildman–Crippen LogP) is 0.904. The van der Waals surface area contributed by atoms with Gasteiger partial charge in [-0.25, -0.2) is 17.2 Å². The number of nitrogens with two attached hydrogens (primary N) is 1. The van der Waals surface area contributed by atoms with Crippen LogP contribution in [0.4, 0.5) is 8.78 Å². The fraction of sp³-hybridized carbons (Fsp3) is 0.462. The molecule has 0 radical (unpaired) electrons. The lowest BCUT2D eigenvalue weighted by Crippen LogP contribution is -2.42. The van der Waals surface area contributed by atoms with Crippen LogP contribution < -0.4 is 11.1 Å². The van der Waals surface area contributed by atoms with Crippen molar-refractivity contribution in [2.24, 2.45) is 5.73 Å². The van der Waals surface area contributed by atoms with Crippen molar-refractivity contribution in [2.75, 3.05) is 12.0 Å². The summed E-state index contributed by atoms with van der Waals surface area (Å²) in [5, 5.41) is 2.53. The molecule has 0 spiro atoms. The topological polar surface area (TPSA) is 89.3 Å². The predicted molar refractivity (Wildman–Crippen MR) is 75.2 cm³/mol. The van der Waals surface area contributed by atoms with Gasteiger partial charge in [0.05, 0.1) is 17.8 Å². The van der Waals surface area contributed by atoms with Crippen LogP contribution in [0.2, 0.25) is 0 Å². The van der Waals surface area contributed by atoms with E-state index in [1.54, 1.807) is 6.92 Å². The summed E-state index contributed by atoms with van der Waals surface area (Å²) in [4.78, 5) is 11.8. The highest BCUT2D eigenvalue weighted by atomic mass is 32.2. The highest BCUT2D eigenvalue weighted by molar-refractivity contribution is 7.90. The van der Waals surface area contributed by atoms with E-state index in [2.05, 4.69) is 5.32 Å². The lowest BCUT2D eigenvalue weighted by molar-refractivity contribution is -0.123. The number of sulfone groups is 1. The molecule has 2 atom stereocenters. The first-order valence-electron chi connectivity index (χ1n) is 6.29. The molecule has 0 aliphatic rings. The average molecular weight is 320 g/mol. The number of rotatable bonds is 6. The van der Waals surface area contributed by atoms with Gasteiger partial charge in [-0.15, -0.1) is 0 Å². The first-order valence-corrected chi connectivity index (χ1v) is 8.35. The molecule has 1 aromatic carbocycles.